The molecule has 5 heteroatoms. The number of benzene rings is 2. The highest BCUT2D eigenvalue weighted by Crippen LogP contribution is 2.19. The van der Waals surface area contributed by atoms with Gasteiger partial charge < -0.3 is 10.1 Å². The van der Waals surface area contributed by atoms with Gasteiger partial charge in [-0.05, 0) is 18.6 Å². The number of para-hydroxylation sites is 1. The van der Waals surface area contributed by atoms with Gasteiger partial charge in [-0.15, -0.1) is 0 Å². The minimum atomic E-state index is -1.24. The van der Waals surface area contributed by atoms with Crippen molar-refractivity contribution in [1.29, 1.82) is 0 Å². The molecule has 0 saturated heterocycles. The first-order chi connectivity index (χ1) is 11.2. The fourth-order valence-corrected chi connectivity index (χ4v) is 2.47. The average Bonchev–Trinajstić information content (AvgIpc) is 2.90. The normalized spacial score (nSPS) is 12.6. The van der Waals surface area contributed by atoms with Crippen molar-refractivity contribution in [3.05, 3.63) is 71.4 Å². The van der Waals surface area contributed by atoms with E-state index in [0.29, 0.717) is 5.56 Å². The molecule has 0 unspecified atom stereocenters. The lowest BCUT2D eigenvalue weighted by Gasteiger charge is -2.08. The summed E-state index contributed by atoms with van der Waals surface area (Å²) in [4.78, 5) is 15.2. The van der Waals surface area contributed by atoms with Crippen LogP contribution in [0.25, 0.3) is 10.9 Å². The van der Waals surface area contributed by atoms with Crippen molar-refractivity contribution in [3.8, 4) is 0 Å². The van der Waals surface area contributed by atoms with Gasteiger partial charge in [-0.3, -0.25) is 4.79 Å². The second-order valence-corrected chi connectivity index (χ2v) is 5.26. The Morgan fingerprint density at radius 2 is 1.87 bits per heavy atom. The first-order valence-corrected chi connectivity index (χ1v) is 7.30. The van der Waals surface area contributed by atoms with Crippen LogP contribution in [0.5, 0.6) is 0 Å². The molecule has 1 atom stereocenters. The van der Waals surface area contributed by atoms with Gasteiger partial charge in [-0.25, -0.2) is 5.43 Å². The van der Waals surface area contributed by atoms with Crippen molar-refractivity contribution in [2.45, 2.75) is 13.0 Å². The van der Waals surface area contributed by atoms with E-state index in [9.17, 15) is 9.90 Å². The number of nitrogens with zero attached hydrogens (tertiary/aromatic N) is 1. The van der Waals surface area contributed by atoms with Crippen LogP contribution >= 0.6 is 0 Å². The van der Waals surface area contributed by atoms with Crippen molar-refractivity contribution in [2.24, 2.45) is 5.10 Å². The summed E-state index contributed by atoms with van der Waals surface area (Å²) in [6.45, 7) is 1.95. The minimum Gasteiger partial charge on any atom is -0.378 e. The number of aromatic amines is 1. The van der Waals surface area contributed by atoms with E-state index in [1.54, 1.807) is 30.5 Å². The van der Waals surface area contributed by atoms with Crippen LogP contribution in [-0.2, 0) is 4.79 Å². The van der Waals surface area contributed by atoms with Gasteiger partial charge in [0.2, 0.25) is 0 Å². The maximum atomic E-state index is 11.9. The van der Waals surface area contributed by atoms with E-state index in [2.05, 4.69) is 15.5 Å². The smallest absolute Gasteiger partial charge is 0.273 e. The number of aryl methyl sites for hydroxylation is 1. The van der Waals surface area contributed by atoms with Gasteiger partial charge in [0.25, 0.3) is 5.91 Å². The highest BCUT2D eigenvalue weighted by atomic mass is 16.3. The van der Waals surface area contributed by atoms with E-state index in [4.69, 9.17) is 0 Å². The summed E-state index contributed by atoms with van der Waals surface area (Å²) in [5.41, 5.74) is 5.80. The lowest BCUT2D eigenvalue weighted by atomic mass is 10.1. The third kappa shape index (κ3) is 3.14. The van der Waals surface area contributed by atoms with Crippen molar-refractivity contribution in [2.75, 3.05) is 0 Å². The molecule has 0 spiro atoms. The maximum absolute atomic E-state index is 11.9. The van der Waals surface area contributed by atoms with Crippen molar-refractivity contribution < 1.29 is 9.90 Å². The Morgan fingerprint density at radius 1 is 1.17 bits per heavy atom. The lowest BCUT2D eigenvalue weighted by molar-refractivity contribution is -0.129. The number of aliphatic hydroxyl groups is 1. The molecule has 1 amide bonds. The first-order valence-electron chi connectivity index (χ1n) is 7.30. The van der Waals surface area contributed by atoms with Crippen LogP contribution in [0.1, 0.15) is 22.9 Å². The number of fused-ring (bicyclic) bond motifs is 1. The number of carbonyl (C=O) groups is 1. The largest absolute Gasteiger partial charge is 0.378 e. The monoisotopic (exact) mass is 307 g/mol. The topological polar surface area (TPSA) is 77.5 Å². The molecule has 116 valence electrons. The van der Waals surface area contributed by atoms with Gasteiger partial charge in [0.05, 0.1) is 6.21 Å². The SMILES string of the molecule is Cc1[nH]c2ccccc2c1/C=N\NC(=O)[C@@H](O)c1ccccc1. The summed E-state index contributed by atoms with van der Waals surface area (Å²) < 4.78 is 0. The first kappa shape index (κ1) is 15.0. The third-order valence-corrected chi connectivity index (χ3v) is 3.68. The molecule has 23 heavy (non-hydrogen) atoms. The maximum Gasteiger partial charge on any atom is 0.273 e. The van der Waals surface area contributed by atoms with Gasteiger partial charge in [0, 0.05) is 22.2 Å². The number of aliphatic hydroxyl groups excluding tert-OH is 1. The molecule has 1 heterocycles. The molecule has 0 radical (unpaired) electrons. The Morgan fingerprint density at radius 3 is 2.65 bits per heavy atom. The molecule has 0 aliphatic carbocycles. The van der Waals surface area contributed by atoms with Crippen LogP contribution in [0.4, 0.5) is 0 Å². The van der Waals surface area contributed by atoms with E-state index < -0.39 is 12.0 Å². The Bertz CT molecular complexity index is 853. The zero-order valence-corrected chi connectivity index (χ0v) is 12.7. The molecule has 1 aromatic heterocycles. The Kier molecular flexibility index (Phi) is 4.21. The van der Waals surface area contributed by atoms with Gasteiger partial charge in [0.15, 0.2) is 6.10 Å². The van der Waals surface area contributed by atoms with Crippen LogP contribution in [-0.4, -0.2) is 22.2 Å². The van der Waals surface area contributed by atoms with Crippen LogP contribution < -0.4 is 5.43 Å². The second kappa shape index (κ2) is 6.46. The van der Waals surface area contributed by atoms with Crippen LogP contribution in [0, 0.1) is 6.92 Å². The Balaban J connectivity index is 1.73. The van der Waals surface area contributed by atoms with Crippen LogP contribution in [0.3, 0.4) is 0 Å². The minimum absolute atomic E-state index is 0.531. The fourth-order valence-electron chi connectivity index (χ4n) is 2.47. The number of aromatic nitrogens is 1. The molecule has 0 saturated carbocycles. The van der Waals surface area contributed by atoms with Crippen LogP contribution in [0.15, 0.2) is 59.7 Å². The number of amides is 1. The zero-order valence-electron chi connectivity index (χ0n) is 12.7. The molecule has 5 nitrogen and oxygen atoms in total. The number of nitrogens with one attached hydrogen (secondary N) is 2. The molecule has 3 N–H and O–H groups in total. The predicted octanol–water partition coefficient (Wildman–Crippen LogP) is 2.66. The zero-order chi connectivity index (χ0) is 16.2. The average molecular weight is 307 g/mol. The van der Waals surface area contributed by atoms with Crippen molar-refractivity contribution >= 4 is 23.0 Å². The molecule has 0 aliphatic rings. The summed E-state index contributed by atoms with van der Waals surface area (Å²) in [6, 6.07) is 16.6. The van der Waals surface area contributed by atoms with Crippen molar-refractivity contribution in [3.63, 3.8) is 0 Å². The Labute approximate surface area is 133 Å². The highest BCUT2D eigenvalue weighted by molar-refractivity contribution is 6.00. The van der Waals surface area contributed by atoms with Crippen LogP contribution in [0.2, 0.25) is 0 Å². The summed E-state index contributed by atoms with van der Waals surface area (Å²) in [5.74, 6) is -0.565. The number of hydrogen-bond acceptors (Lipinski definition) is 3. The van der Waals surface area contributed by atoms with E-state index >= 15 is 0 Å². The van der Waals surface area contributed by atoms with E-state index in [-0.39, 0.29) is 0 Å². The van der Waals surface area contributed by atoms with Gasteiger partial charge >= 0.3 is 0 Å². The summed E-state index contributed by atoms with van der Waals surface area (Å²) in [6.07, 6.45) is 0.349. The van der Waals surface area contributed by atoms with E-state index in [1.807, 2.05) is 37.3 Å². The molecule has 0 fully saturated rings. The molecule has 0 bridgehead atoms. The standard InChI is InChI=1S/C18H17N3O2/c1-12-15(14-9-5-6-10-16(14)20-12)11-19-21-18(23)17(22)13-7-3-2-4-8-13/h2-11,17,20,22H,1H3,(H,21,23)/b19-11-/t17-/m0/s1. The number of hydrogen-bond donors (Lipinski definition) is 3. The van der Waals surface area contributed by atoms with Gasteiger partial charge in [-0.2, -0.15) is 5.10 Å². The molecule has 3 aromatic rings. The number of carbonyl (C=O) groups excluding carboxylic acids is 1. The molecule has 3 rings (SSSR count). The fraction of sp³-hybridized carbons (Fsp3) is 0.111. The Hall–Kier alpha value is -2.92. The summed E-state index contributed by atoms with van der Waals surface area (Å²) in [5, 5.41) is 15.0. The molecule has 0 aliphatic heterocycles. The summed E-state index contributed by atoms with van der Waals surface area (Å²) >= 11 is 0. The highest BCUT2D eigenvalue weighted by Gasteiger charge is 2.16. The number of H-pyrrole nitrogens is 1. The predicted molar refractivity (Wildman–Crippen MR) is 90.2 cm³/mol. The van der Waals surface area contributed by atoms with E-state index in [1.165, 1.54) is 0 Å². The third-order valence-electron chi connectivity index (χ3n) is 3.68. The molecular formula is C18H17N3O2. The molecular weight excluding hydrogens is 290 g/mol. The second-order valence-electron chi connectivity index (χ2n) is 5.26. The van der Waals surface area contributed by atoms with Gasteiger partial charge in [0.1, 0.15) is 0 Å². The number of rotatable bonds is 4. The van der Waals surface area contributed by atoms with E-state index in [0.717, 1.165) is 22.2 Å². The number of hydrazone groups is 1. The van der Waals surface area contributed by atoms with Crippen molar-refractivity contribution in [1.82, 2.24) is 10.4 Å². The lowest BCUT2D eigenvalue weighted by Crippen LogP contribution is -2.25. The summed E-state index contributed by atoms with van der Waals surface area (Å²) in [7, 11) is 0. The van der Waals surface area contributed by atoms with Gasteiger partial charge in [-0.1, -0.05) is 48.5 Å². The molecule has 2 aromatic carbocycles. The quantitative estimate of drug-likeness (QED) is 0.512.